The fourth-order valence-electron chi connectivity index (χ4n) is 1.25. The summed E-state index contributed by atoms with van der Waals surface area (Å²) in [6, 6.07) is 5.54. The first-order chi connectivity index (χ1) is 7.21. The Kier molecular flexibility index (Phi) is 3.97. The zero-order chi connectivity index (χ0) is 11.3. The van der Waals surface area contributed by atoms with Crippen molar-refractivity contribution in [3.8, 4) is 11.5 Å². The third-order valence-electron chi connectivity index (χ3n) is 2.06. The Morgan fingerprint density at radius 3 is 2.33 bits per heavy atom. The zero-order valence-corrected chi connectivity index (χ0v) is 9.16. The van der Waals surface area contributed by atoms with Gasteiger partial charge >= 0.3 is 0 Å². The molecule has 4 heteroatoms. The van der Waals surface area contributed by atoms with Crippen LogP contribution < -0.4 is 9.47 Å². The van der Waals surface area contributed by atoms with E-state index in [0.717, 1.165) is 5.56 Å². The van der Waals surface area contributed by atoms with Crippen molar-refractivity contribution in [2.75, 3.05) is 21.3 Å². The van der Waals surface area contributed by atoms with Crippen LogP contribution >= 0.6 is 0 Å². The first kappa shape index (κ1) is 11.4. The van der Waals surface area contributed by atoms with Crippen molar-refractivity contribution < 1.29 is 14.2 Å². The molecule has 82 valence electrons. The number of methoxy groups -OCH3 is 3. The molecule has 0 fully saturated rings. The number of rotatable bonds is 4. The van der Waals surface area contributed by atoms with Crippen molar-refractivity contribution >= 4 is 5.90 Å². The summed E-state index contributed by atoms with van der Waals surface area (Å²) in [6.45, 7) is 0. The third kappa shape index (κ3) is 2.87. The summed E-state index contributed by atoms with van der Waals surface area (Å²) in [7, 11) is 4.67. The topological polar surface area (TPSA) is 51.5 Å². The van der Waals surface area contributed by atoms with Crippen LogP contribution in [0.5, 0.6) is 11.5 Å². The van der Waals surface area contributed by atoms with Crippen LogP contribution in [-0.4, -0.2) is 27.2 Å². The molecule has 1 N–H and O–H groups in total. The lowest BCUT2D eigenvalue weighted by atomic mass is 10.1. The molecule has 0 unspecified atom stereocenters. The van der Waals surface area contributed by atoms with Crippen LogP contribution in [-0.2, 0) is 11.2 Å². The summed E-state index contributed by atoms with van der Waals surface area (Å²) >= 11 is 0. The molecular formula is C11H15NO3. The van der Waals surface area contributed by atoms with Crippen molar-refractivity contribution in [2.24, 2.45) is 0 Å². The molecule has 0 saturated carbocycles. The standard InChI is InChI=1S/C11H15NO3/c1-13-9-5-4-8(6-10(9)14-2)7-11(12)15-3/h4-6,12H,7H2,1-3H3. The minimum atomic E-state index is 0.224. The van der Waals surface area contributed by atoms with E-state index in [-0.39, 0.29) is 5.90 Å². The second kappa shape index (κ2) is 5.24. The maximum Gasteiger partial charge on any atom is 0.184 e. The Bertz CT molecular complexity index is 350. The normalized spacial score (nSPS) is 9.53. The van der Waals surface area contributed by atoms with E-state index in [9.17, 15) is 0 Å². The predicted molar refractivity (Wildman–Crippen MR) is 58.0 cm³/mol. The first-order valence-corrected chi connectivity index (χ1v) is 4.53. The van der Waals surface area contributed by atoms with Gasteiger partial charge in [0.05, 0.1) is 21.3 Å². The summed E-state index contributed by atoms with van der Waals surface area (Å²) in [6.07, 6.45) is 0.455. The molecule has 4 nitrogen and oxygen atoms in total. The molecule has 0 amide bonds. The average molecular weight is 209 g/mol. The van der Waals surface area contributed by atoms with Gasteiger partial charge in [-0.2, -0.15) is 0 Å². The molecule has 0 radical (unpaired) electrons. The van der Waals surface area contributed by atoms with Gasteiger partial charge in [-0.15, -0.1) is 0 Å². The van der Waals surface area contributed by atoms with Crippen LogP contribution in [0.4, 0.5) is 0 Å². The van der Waals surface area contributed by atoms with E-state index in [0.29, 0.717) is 17.9 Å². The van der Waals surface area contributed by atoms with E-state index >= 15 is 0 Å². The smallest absolute Gasteiger partial charge is 0.184 e. The van der Waals surface area contributed by atoms with Gasteiger partial charge in [0.25, 0.3) is 0 Å². The van der Waals surface area contributed by atoms with Gasteiger partial charge in [0.2, 0.25) is 0 Å². The Morgan fingerprint density at radius 1 is 1.13 bits per heavy atom. The predicted octanol–water partition coefficient (Wildman–Crippen LogP) is 1.87. The van der Waals surface area contributed by atoms with E-state index < -0.39 is 0 Å². The molecule has 1 aromatic carbocycles. The quantitative estimate of drug-likeness (QED) is 0.608. The Hall–Kier alpha value is -1.71. The van der Waals surface area contributed by atoms with Crippen LogP contribution in [0, 0.1) is 5.41 Å². The minimum Gasteiger partial charge on any atom is -0.493 e. The van der Waals surface area contributed by atoms with Crippen molar-refractivity contribution in [1.29, 1.82) is 5.41 Å². The first-order valence-electron chi connectivity index (χ1n) is 4.53. The van der Waals surface area contributed by atoms with Crippen molar-refractivity contribution in [2.45, 2.75) is 6.42 Å². The average Bonchev–Trinajstić information content (AvgIpc) is 2.28. The molecular weight excluding hydrogens is 194 g/mol. The van der Waals surface area contributed by atoms with E-state index in [1.54, 1.807) is 14.2 Å². The molecule has 0 atom stereocenters. The molecule has 0 aromatic heterocycles. The summed E-state index contributed by atoms with van der Waals surface area (Å²) in [5.74, 6) is 1.58. The van der Waals surface area contributed by atoms with E-state index in [4.69, 9.17) is 19.6 Å². The highest BCUT2D eigenvalue weighted by Crippen LogP contribution is 2.27. The SMILES string of the molecule is COC(=N)Cc1ccc(OC)c(OC)c1. The molecule has 1 aromatic rings. The Balaban J connectivity index is 2.88. The lowest BCUT2D eigenvalue weighted by Gasteiger charge is -2.09. The summed E-state index contributed by atoms with van der Waals surface area (Å²) < 4.78 is 15.1. The largest absolute Gasteiger partial charge is 0.493 e. The highest BCUT2D eigenvalue weighted by atomic mass is 16.5. The second-order valence-electron chi connectivity index (χ2n) is 2.99. The van der Waals surface area contributed by atoms with E-state index in [1.807, 2.05) is 18.2 Å². The summed E-state index contributed by atoms with van der Waals surface area (Å²) in [5, 5.41) is 7.41. The minimum absolute atomic E-state index is 0.224. The Morgan fingerprint density at radius 2 is 1.80 bits per heavy atom. The fourth-order valence-corrected chi connectivity index (χ4v) is 1.25. The van der Waals surface area contributed by atoms with Gasteiger partial charge in [0.15, 0.2) is 17.4 Å². The van der Waals surface area contributed by atoms with Gasteiger partial charge in [-0.3, -0.25) is 5.41 Å². The number of benzene rings is 1. The molecule has 0 bridgehead atoms. The molecule has 0 saturated heterocycles. The van der Waals surface area contributed by atoms with Gasteiger partial charge in [0.1, 0.15) is 0 Å². The lowest BCUT2D eigenvalue weighted by molar-refractivity contribution is 0.354. The molecule has 0 heterocycles. The number of hydrogen-bond acceptors (Lipinski definition) is 4. The van der Waals surface area contributed by atoms with Crippen molar-refractivity contribution in [3.05, 3.63) is 23.8 Å². The molecule has 0 aliphatic heterocycles. The van der Waals surface area contributed by atoms with Gasteiger partial charge in [-0.05, 0) is 17.7 Å². The van der Waals surface area contributed by atoms with Crippen molar-refractivity contribution in [3.63, 3.8) is 0 Å². The third-order valence-corrected chi connectivity index (χ3v) is 2.06. The lowest BCUT2D eigenvalue weighted by Crippen LogP contribution is -2.03. The zero-order valence-electron chi connectivity index (χ0n) is 9.16. The maximum atomic E-state index is 7.41. The van der Waals surface area contributed by atoms with E-state index in [2.05, 4.69) is 0 Å². The molecule has 0 aliphatic carbocycles. The number of nitrogens with one attached hydrogen (secondary N) is 1. The van der Waals surface area contributed by atoms with Gasteiger partial charge in [-0.1, -0.05) is 6.07 Å². The van der Waals surface area contributed by atoms with Crippen molar-refractivity contribution in [1.82, 2.24) is 0 Å². The molecule has 0 aliphatic rings. The Labute approximate surface area is 89.3 Å². The fraction of sp³-hybridized carbons (Fsp3) is 0.364. The van der Waals surface area contributed by atoms with Gasteiger partial charge in [0, 0.05) is 6.42 Å². The highest BCUT2D eigenvalue weighted by Gasteiger charge is 2.06. The summed E-state index contributed by atoms with van der Waals surface area (Å²) in [4.78, 5) is 0. The number of hydrogen-bond donors (Lipinski definition) is 1. The summed E-state index contributed by atoms with van der Waals surface area (Å²) in [5.41, 5.74) is 0.958. The number of ether oxygens (including phenoxy) is 3. The monoisotopic (exact) mass is 209 g/mol. The second-order valence-corrected chi connectivity index (χ2v) is 2.99. The van der Waals surface area contributed by atoms with Crippen LogP contribution in [0.3, 0.4) is 0 Å². The maximum absolute atomic E-state index is 7.41. The van der Waals surface area contributed by atoms with Gasteiger partial charge in [-0.25, -0.2) is 0 Å². The molecule has 0 spiro atoms. The molecule has 15 heavy (non-hydrogen) atoms. The van der Waals surface area contributed by atoms with E-state index in [1.165, 1.54) is 7.11 Å². The van der Waals surface area contributed by atoms with Crippen LogP contribution in [0.25, 0.3) is 0 Å². The highest BCUT2D eigenvalue weighted by molar-refractivity contribution is 5.75. The van der Waals surface area contributed by atoms with Crippen LogP contribution in [0.15, 0.2) is 18.2 Å². The van der Waals surface area contributed by atoms with Crippen LogP contribution in [0.1, 0.15) is 5.56 Å². The van der Waals surface area contributed by atoms with Gasteiger partial charge < -0.3 is 14.2 Å². The molecule has 1 rings (SSSR count). The van der Waals surface area contributed by atoms with Crippen LogP contribution in [0.2, 0.25) is 0 Å².